The maximum atomic E-state index is 6.25. The first kappa shape index (κ1) is 14.9. The van der Waals surface area contributed by atoms with Gasteiger partial charge >= 0.3 is 0 Å². The molecule has 2 unspecified atom stereocenters. The van der Waals surface area contributed by atoms with E-state index in [9.17, 15) is 0 Å². The quantitative estimate of drug-likeness (QED) is 0.796. The average Bonchev–Trinajstić information content (AvgIpc) is 2.56. The van der Waals surface area contributed by atoms with Crippen LogP contribution in [0.5, 0.6) is 5.75 Å². The molecule has 2 aliphatic rings. The Bertz CT molecular complexity index is 423. The second-order valence-corrected chi connectivity index (χ2v) is 6.94. The third-order valence-corrected chi connectivity index (χ3v) is 5.48. The maximum Gasteiger partial charge on any atom is 0.118 e. The molecule has 2 atom stereocenters. The summed E-state index contributed by atoms with van der Waals surface area (Å²) >= 11 is 0. The smallest absolute Gasteiger partial charge is 0.118 e. The van der Waals surface area contributed by atoms with E-state index in [1.807, 2.05) is 0 Å². The van der Waals surface area contributed by atoms with Crippen molar-refractivity contribution in [3.63, 3.8) is 0 Å². The molecule has 21 heavy (non-hydrogen) atoms. The van der Waals surface area contributed by atoms with Crippen LogP contribution in [0.3, 0.4) is 0 Å². The summed E-state index contributed by atoms with van der Waals surface area (Å²) in [4.78, 5) is 0. The van der Waals surface area contributed by atoms with Crippen molar-refractivity contribution in [1.82, 2.24) is 0 Å². The van der Waals surface area contributed by atoms with Gasteiger partial charge in [0.05, 0.1) is 19.8 Å². The van der Waals surface area contributed by atoms with Crippen molar-refractivity contribution < 1.29 is 9.47 Å². The van der Waals surface area contributed by atoms with Gasteiger partial charge in [0.25, 0.3) is 0 Å². The molecule has 1 aromatic carbocycles. The van der Waals surface area contributed by atoms with Crippen molar-refractivity contribution in [2.45, 2.75) is 57.5 Å². The van der Waals surface area contributed by atoms with Gasteiger partial charge < -0.3 is 9.47 Å². The van der Waals surface area contributed by atoms with E-state index in [-0.39, 0.29) is 0 Å². The average molecular weight is 288 g/mol. The van der Waals surface area contributed by atoms with Crippen LogP contribution in [-0.2, 0) is 4.74 Å². The van der Waals surface area contributed by atoms with E-state index in [1.54, 1.807) is 7.11 Å². The fourth-order valence-electron chi connectivity index (χ4n) is 3.94. The monoisotopic (exact) mass is 288 g/mol. The van der Waals surface area contributed by atoms with E-state index in [1.165, 1.54) is 44.1 Å². The first-order valence-corrected chi connectivity index (χ1v) is 8.52. The molecule has 1 aliphatic heterocycles. The zero-order valence-electron chi connectivity index (χ0n) is 13.4. The van der Waals surface area contributed by atoms with E-state index < -0.39 is 0 Å². The van der Waals surface area contributed by atoms with Crippen LogP contribution in [0.25, 0.3) is 0 Å². The Balaban J connectivity index is 1.52. The van der Waals surface area contributed by atoms with Crippen molar-refractivity contribution in [2.24, 2.45) is 11.8 Å². The zero-order valence-corrected chi connectivity index (χ0v) is 13.4. The fraction of sp³-hybridized carbons (Fsp3) is 0.684. The van der Waals surface area contributed by atoms with Crippen LogP contribution in [0.15, 0.2) is 24.3 Å². The van der Waals surface area contributed by atoms with Crippen LogP contribution < -0.4 is 4.74 Å². The summed E-state index contributed by atoms with van der Waals surface area (Å²) in [7, 11) is 1.72. The van der Waals surface area contributed by atoms with Gasteiger partial charge in [-0.25, -0.2) is 0 Å². The van der Waals surface area contributed by atoms with Crippen LogP contribution >= 0.6 is 0 Å². The lowest BCUT2D eigenvalue weighted by Gasteiger charge is -2.37. The molecular formula is C19H28O2. The minimum absolute atomic E-state index is 0.520. The normalized spacial score (nSPS) is 33.6. The number of hydrogen-bond acceptors (Lipinski definition) is 2. The molecule has 2 fully saturated rings. The van der Waals surface area contributed by atoms with Crippen molar-refractivity contribution >= 4 is 0 Å². The molecule has 0 bridgehead atoms. The number of rotatable bonds is 3. The van der Waals surface area contributed by atoms with Crippen LogP contribution in [0.4, 0.5) is 0 Å². The predicted octanol–water partition coefficient (Wildman–Crippen LogP) is 4.78. The molecule has 2 heteroatoms. The number of methoxy groups -OCH3 is 1. The van der Waals surface area contributed by atoms with Crippen LogP contribution in [0.2, 0.25) is 0 Å². The standard InChI is InChI=1S/C19H28O2/c1-14-3-5-16(6-4-14)19-12-9-17(13-21-19)15-7-10-18(20-2)11-8-15/h7-8,10-11,14,16-17,19H,3-6,9,12-13H2,1-2H3. The minimum atomic E-state index is 0.520. The van der Waals surface area contributed by atoms with E-state index in [0.717, 1.165) is 24.2 Å². The number of hydrogen-bond donors (Lipinski definition) is 0. The second kappa shape index (κ2) is 6.83. The van der Waals surface area contributed by atoms with Gasteiger partial charge in [0.1, 0.15) is 5.75 Å². The van der Waals surface area contributed by atoms with E-state index in [0.29, 0.717) is 12.0 Å². The van der Waals surface area contributed by atoms with Gasteiger partial charge in [0, 0.05) is 5.92 Å². The molecule has 1 aliphatic carbocycles. The topological polar surface area (TPSA) is 18.5 Å². The summed E-state index contributed by atoms with van der Waals surface area (Å²) in [5.74, 6) is 3.24. The molecule has 3 rings (SSSR count). The molecule has 2 nitrogen and oxygen atoms in total. The van der Waals surface area contributed by atoms with Crippen molar-refractivity contribution in [2.75, 3.05) is 13.7 Å². The Labute approximate surface area is 128 Å². The first-order chi connectivity index (χ1) is 10.3. The third-order valence-electron chi connectivity index (χ3n) is 5.48. The highest BCUT2D eigenvalue weighted by Crippen LogP contribution is 2.37. The first-order valence-electron chi connectivity index (χ1n) is 8.52. The largest absolute Gasteiger partial charge is 0.497 e. The second-order valence-electron chi connectivity index (χ2n) is 6.94. The van der Waals surface area contributed by atoms with E-state index in [2.05, 4.69) is 31.2 Å². The van der Waals surface area contributed by atoms with Crippen molar-refractivity contribution in [1.29, 1.82) is 0 Å². The molecule has 0 N–H and O–H groups in total. The molecule has 1 saturated heterocycles. The van der Waals surface area contributed by atoms with Crippen LogP contribution in [0, 0.1) is 11.8 Å². The molecule has 0 aromatic heterocycles. The van der Waals surface area contributed by atoms with E-state index in [4.69, 9.17) is 9.47 Å². The molecule has 1 saturated carbocycles. The van der Waals surface area contributed by atoms with Gasteiger partial charge in [0.2, 0.25) is 0 Å². The number of ether oxygens (including phenoxy) is 2. The SMILES string of the molecule is COc1ccc(C2CCC(C3CCC(C)CC3)OC2)cc1. The molecule has 116 valence electrons. The van der Waals surface area contributed by atoms with Gasteiger partial charge in [-0.05, 0) is 55.2 Å². The Morgan fingerprint density at radius 2 is 1.67 bits per heavy atom. The number of benzene rings is 1. The maximum absolute atomic E-state index is 6.25. The highest BCUT2D eigenvalue weighted by molar-refractivity contribution is 5.29. The summed E-state index contributed by atoms with van der Waals surface area (Å²) in [6.07, 6.45) is 8.56. The Morgan fingerprint density at radius 1 is 0.952 bits per heavy atom. The zero-order chi connectivity index (χ0) is 14.7. The van der Waals surface area contributed by atoms with Crippen molar-refractivity contribution in [3.8, 4) is 5.75 Å². The van der Waals surface area contributed by atoms with Gasteiger partial charge in [-0.3, -0.25) is 0 Å². The van der Waals surface area contributed by atoms with Gasteiger partial charge in [0.15, 0.2) is 0 Å². The van der Waals surface area contributed by atoms with Crippen LogP contribution in [-0.4, -0.2) is 19.8 Å². The van der Waals surface area contributed by atoms with Crippen molar-refractivity contribution in [3.05, 3.63) is 29.8 Å². The van der Waals surface area contributed by atoms with Crippen LogP contribution in [0.1, 0.15) is 56.9 Å². The Hall–Kier alpha value is -1.02. The summed E-state index contributed by atoms with van der Waals surface area (Å²) in [5.41, 5.74) is 1.39. The lowest BCUT2D eigenvalue weighted by Crippen LogP contribution is -2.33. The van der Waals surface area contributed by atoms with E-state index >= 15 is 0 Å². The summed E-state index contributed by atoms with van der Waals surface area (Å²) in [6.45, 7) is 3.28. The summed E-state index contributed by atoms with van der Waals surface area (Å²) in [5, 5.41) is 0. The van der Waals surface area contributed by atoms with Gasteiger partial charge in [-0.2, -0.15) is 0 Å². The lowest BCUT2D eigenvalue weighted by molar-refractivity contribution is -0.0427. The molecule has 0 spiro atoms. The van der Waals surface area contributed by atoms with Gasteiger partial charge in [-0.15, -0.1) is 0 Å². The Morgan fingerprint density at radius 3 is 2.24 bits per heavy atom. The summed E-state index contributed by atoms with van der Waals surface area (Å²) in [6, 6.07) is 8.50. The fourth-order valence-corrected chi connectivity index (χ4v) is 3.94. The summed E-state index contributed by atoms with van der Waals surface area (Å²) < 4.78 is 11.5. The predicted molar refractivity (Wildman–Crippen MR) is 85.8 cm³/mol. The molecule has 0 amide bonds. The molecule has 1 heterocycles. The molecule has 0 radical (unpaired) electrons. The lowest BCUT2D eigenvalue weighted by atomic mass is 9.77. The molecular weight excluding hydrogens is 260 g/mol. The highest BCUT2D eigenvalue weighted by Gasteiger charge is 2.31. The third kappa shape index (κ3) is 3.60. The highest BCUT2D eigenvalue weighted by atomic mass is 16.5. The minimum Gasteiger partial charge on any atom is -0.497 e. The van der Waals surface area contributed by atoms with Gasteiger partial charge in [-0.1, -0.05) is 31.9 Å². The Kier molecular flexibility index (Phi) is 4.84. The molecule has 1 aromatic rings.